The third-order valence-electron chi connectivity index (χ3n) is 4.84. The van der Waals surface area contributed by atoms with Crippen LogP contribution in [0.4, 0.5) is 0 Å². The summed E-state index contributed by atoms with van der Waals surface area (Å²) >= 11 is 0. The van der Waals surface area contributed by atoms with E-state index in [4.69, 9.17) is 0 Å². The van der Waals surface area contributed by atoms with Gasteiger partial charge in [0.25, 0.3) is 0 Å². The van der Waals surface area contributed by atoms with Crippen LogP contribution < -0.4 is 0 Å². The maximum Gasteiger partial charge on any atom is -0.0163 e. The Morgan fingerprint density at radius 2 is 1.95 bits per heavy atom. The van der Waals surface area contributed by atoms with Crippen LogP contribution in [0.5, 0.6) is 0 Å². The van der Waals surface area contributed by atoms with Crippen LogP contribution in [0, 0.1) is 11.8 Å². The smallest absolute Gasteiger partial charge is 0.0163 e. The van der Waals surface area contributed by atoms with E-state index in [0.29, 0.717) is 0 Å². The summed E-state index contributed by atoms with van der Waals surface area (Å²) in [4.78, 5) is 0. The molecule has 2 atom stereocenters. The zero-order valence-corrected chi connectivity index (χ0v) is 13.0. The average Bonchev–Trinajstić information content (AvgIpc) is 2.88. The van der Waals surface area contributed by atoms with Crippen LogP contribution in [0.3, 0.4) is 0 Å². The summed E-state index contributed by atoms with van der Waals surface area (Å²) in [6, 6.07) is 0. The van der Waals surface area contributed by atoms with Crippen molar-refractivity contribution in [1.82, 2.24) is 0 Å². The molecule has 2 rings (SSSR count). The molecule has 2 aliphatic carbocycles. The first-order valence-electron chi connectivity index (χ1n) is 8.34. The summed E-state index contributed by atoms with van der Waals surface area (Å²) in [7, 11) is 0. The molecule has 0 fully saturated rings. The highest BCUT2D eigenvalue weighted by Crippen LogP contribution is 2.39. The van der Waals surface area contributed by atoms with Crippen molar-refractivity contribution in [2.24, 2.45) is 11.8 Å². The van der Waals surface area contributed by atoms with Gasteiger partial charge in [-0.2, -0.15) is 0 Å². The van der Waals surface area contributed by atoms with Gasteiger partial charge in [-0.15, -0.1) is 0 Å². The van der Waals surface area contributed by atoms with Crippen LogP contribution in [0.1, 0.15) is 72.1 Å². The molecule has 0 aromatic carbocycles. The normalized spacial score (nSPS) is 24.8. The second-order valence-corrected chi connectivity index (χ2v) is 6.31. The van der Waals surface area contributed by atoms with Gasteiger partial charge in [0.15, 0.2) is 0 Å². The van der Waals surface area contributed by atoms with Gasteiger partial charge in [0, 0.05) is 0 Å². The van der Waals surface area contributed by atoms with Crippen LogP contribution >= 0.6 is 0 Å². The van der Waals surface area contributed by atoms with Crippen LogP contribution in [0.2, 0.25) is 0 Å². The largest absolute Gasteiger partial charge is 0.0839 e. The lowest BCUT2D eigenvalue weighted by atomic mass is 9.79. The molecule has 0 saturated heterocycles. The lowest BCUT2D eigenvalue weighted by molar-refractivity contribution is 0.462. The predicted octanol–water partition coefficient (Wildman–Crippen LogP) is 6.21. The van der Waals surface area contributed by atoms with Gasteiger partial charge in [-0.25, -0.2) is 0 Å². The quantitative estimate of drug-likeness (QED) is 0.497. The fourth-order valence-corrected chi connectivity index (χ4v) is 3.77. The first kappa shape index (κ1) is 14.6. The van der Waals surface area contributed by atoms with Crippen molar-refractivity contribution in [1.29, 1.82) is 0 Å². The van der Waals surface area contributed by atoms with Gasteiger partial charge >= 0.3 is 0 Å². The summed E-state index contributed by atoms with van der Waals surface area (Å²) in [5, 5.41) is 0. The van der Waals surface area contributed by atoms with Crippen LogP contribution in [0.15, 0.2) is 34.9 Å². The molecule has 0 amide bonds. The number of hydrogen-bond acceptors (Lipinski definition) is 0. The van der Waals surface area contributed by atoms with E-state index in [0.717, 1.165) is 11.8 Å². The first-order chi connectivity index (χ1) is 9.26. The van der Waals surface area contributed by atoms with E-state index < -0.39 is 0 Å². The van der Waals surface area contributed by atoms with Crippen molar-refractivity contribution in [2.45, 2.75) is 72.1 Å². The molecule has 0 nitrogen and oxygen atoms in total. The van der Waals surface area contributed by atoms with Crippen molar-refractivity contribution in [2.75, 3.05) is 0 Å². The summed E-state index contributed by atoms with van der Waals surface area (Å²) in [5.41, 5.74) is 5.14. The Labute approximate surface area is 119 Å². The van der Waals surface area contributed by atoms with E-state index in [1.165, 1.54) is 51.4 Å². The second kappa shape index (κ2) is 7.12. The zero-order valence-electron chi connectivity index (χ0n) is 13.0. The van der Waals surface area contributed by atoms with Crippen molar-refractivity contribution in [3.8, 4) is 0 Å². The van der Waals surface area contributed by atoms with Gasteiger partial charge in [0.05, 0.1) is 0 Å². The van der Waals surface area contributed by atoms with Crippen molar-refractivity contribution >= 4 is 0 Å². The maximum atomic E-state index is 2.61. The van der Waals surface area contributed by atoms with Gasteiger partial charge in [0.2, 0.25) is 0 Å². The van der Waals surface area contributed by atoms with Gasteiger partial charge in [-0.1, -0.05) is 63.0 Å². The van der Waals surface area contributed by atoms with E-state index >= 15 is 0 Å². The second-order valence-electron chi connectivity index (χ2n) is 6.31. The Hall–Kier alpha value is -0.780. The van der Waals surface area contributed by atoms with Gasteiger partial charge in [-0.3, -0.25) is 0 Å². The molecule has 0 aromatic rings. The molecule has 0 aromatic heterocycles. The molecule has 0 heterocycles. The topological polar surface area (TPSA) is 0 Å². The molecule has 0 saturated carbocycles. The lowest BCUT2D eigenvalue weighted by Crippen LogP contribution is -2.13. The molecule has 2 unspecified atom stereocenters. The van der Waals surface area contributed by atoms with Crippen LogP contribution in [-0.4, -0.2) is 0 Å². The molecule has 0 radical (unpaired) electrons. The monoisotopic (exact) mass is 258 g/mol. The highest BCUT2D eigenvalue weighted by atomic mass is 14.3. The van der Waals surface area contributed by atoms with E-state index in [1.54, 1.807) is 16.7 Å². The van der Waals surface area contributed by atoms with Crippen molar-refractivity contribution in [3.63, 3.8) is 0 Å². The average molecular weight is 258 g/mol. The number of hydrogen-bond donors (Lipinski definition) is 0. The molecule has 0 bridgehead atoms. The molecule has 0 N–H and O–H groups in total. The minimum absolute atomic E-state index is 0.765. The van der Waals surface area contributed by atoms with Crippen molar-refractivity contribution < 1.29 is 0 Å². The molecule has 0 heteroatoms. The molecular formula is C19H30. The summed E-state index contributed by atoms with van der Waals surface area (Å²) < 4.78 is 0. The molecule has 0 aliphatic heterocycles. The van der Waals surface area contributed by atoms with E-state index in [1.807, 2.05) is 0 Å². The van der Waals surface area contributed by atoms with Gasteiger partial charge in [-0.05, 0) is 55.9 Å². The standard InChI is InChI=1S/C19H30/c1-4-8-16-12-13-18(14-16)15(3)19-11-7-6-10-17(19)9-5-2/h6,10,14-15,18H,4-5,7-9,11-13H2,1-3H3. The predicted molar refractivity (Wildman–Crippen MR) is 85.2 cm³/mol. The zero-order chi connectivity index (χ0) is 13.7. The van der Waals surface area contributed by atoms with Gasteiger partial charge < -0.3 is 0 Å². The molecule has 19 heavy (non-hydrogen) atoms. The molecule has 106 valence electrons. The number of allylic oxidation sites excluding steroid dienone is 6. The van der Waals surface area contributed by atoms with Gasteiger partial charge in [0.1, 0.15) is 0 Å². The Kier molecular flexibility index (Phi) is 5.48. The molecule has 2 aliphatic rings. The lowest BCUT2D eigenvalue weighted by Gasteiger charge is -2.26. The molecule has 0 spiro atoms. The Morgan fingerprint density at radius 1 is 1.16 bits per heavy atom. The van der Waals surface area contributed by atoms with E-state index in [9.17, 15) is 0 Å². The van der Waals surface area contributed by atoms with E-state index in [2.05, 4.69) is 39.0 Å². The van der Waals surface area contributed by atoms with Crippen LogP contribution in [0.25, 0.3) is 0 Å². The third-order valence-corrected chi connectivity index (χ3v) is 4.84. The first-order valence-corrected chi connectivity index (χ1v) is 8.34. The fraction of sp³-hybridized carbons (Fsp3) is 0.684. The Morgan fingerprint density at radius 3 is 2.68 bits per heavy atom. The Balaban J connectivity index is 2.10. The van der Waals surface area contributed by atoms with Crippen LogP contribution in [-0.2, 0) is 0 Å². The number of rotatable bonds is 6. The van der Waals surface area contributed by atoms with Crippen molar-refractivity contribution in [3.05, 3.63) is 34.9 Å². The summed E-state index contributed by atoms with van der Waals surface area (Å²) in [6.07, 6.45) is 17.9. The minimum Gasteiger partial charge on any atom is -0.0839 e. The summed E-state index contributed by atoms with van der Waals surface area (Å²) in [5.74, 6) is 1.58. The SMILES string of the molecule is CCCC1=CC(C(C)C2=C(CCC)C=CCC2)CC1. The highest BCUT2D eigenvalue weighted by Gasteiger charge is 2.25. The third kappa shape index (κ3) is 3.61. The summed E-state index contributed by atoms with van der Waals surface area (Å²) in [6.45, 7) is 7.07. The fourth-order valence-electron chi connectivity index (χ4n) is 3.77. The maximum absolute atomic E-state index is 2.61. The Bertz CT molecular complexity index is 381. The minimum atomic E-state index is 0.765. The highest BCUT2D eigenvalue weighted by molar-refractivity contribution is 5.32. The van der Waals surface area contributed by atoms with E-state index in [-0.39, 0.29) is 0 Å². The molecular weight excluding hydrogens is 228 g/mol.